The summed E-state index contributed by atoms with van der Waals surface area (Å²) in [7, 11) is 3.05. The maximum Gasteiger partial charge on any atom is 0.234 e. The van der Waals surface area contributed by atoms with Crippen LogP contribution in [0.2, 0.25) is 5.02 Å². The quantitative estimate of drug-likeness (QED) is 0.753. The molecule has 24 heavy (non-hydrogen) atoms. The van der Waals surface area contributed by atoms with E-state index in [4.69, 9.17) is 21.1 Å². The molecule has 0 bridgehead atoms. The Labute approximate surface area is 151 Å². The van der Waals surface area contributed by atoms with Gasteiger partial charge in [-0.1, -0.05) is 17.7 Å². The minimum absolute atomic E-state index is 0.124. The van der Waals surface area contributed by atoms with Crippen molar-refractivity contribution < 1.29 is 14.3 Å². The van der Waals surface area contributed by atoms with Crippen LogP contribution in [0, 0.1) is 13.8 Å². The molecule has 0 heterocycles. The number of hydrogen-bond acceptors (Lipinski definition) is 4. The number of ether oxygens (including phenoxy) is 2. The Bertz CT molecular complexity index is 749. The van der Waals surface area contributed by atoms with Gasteiger partial charge in [0.25, 0.3) is 0 Å². The third-order valence-electron chi connectivity index (χ3n) is 3.60. The van der Waals surface area contributed by atoms with E-state index in [-0.39, 0.29) is 5.91 Å². The Morgan fingerprint density at radius 1 is 1.08 bits per heavy atom. The number of carbonyl (C=O) groups is 1. The second-order valence-electron chi connectivity index (χ2n) is 5.27. The van der Waals surface area contributed by atoms with Crippen LogP contribution >= 0.6 is 23.4 Å². The predicted molar refractivity (Wildman–Crippen MR) is 99.8 cm³/mol. The number of hydrogen-bond donors (Lipinski definition) is 1. The number of thioether (sulfide) groups is 1. The van der Waals surface area contributed by atoms with E-state index < -0.39 is 0 Å². The monoisotopic (exact) mass is 365 g/mol. The van der Waals surface area contributed by atoms with Crippen LogP contribution in [0.3, 0.4) is 0 Å². The van der Waals surface area contributed by atoms with Crippen molar-refractivity contribution in [2.24, 2.45) is 0 Å². The van der Waals surface area contributed by atoms with Gasteiger partial charge in [0.1, 0.15) is 11.5 Å². The van der Waals surface area contributed by atoms with Crippen molar-refractivity contribution in [2.75, 3.05) is 25.3 Å². The number of amides is 1. The predicted octanol–water partition coefficient (Wildman–Crippen LogP) is 4.70. The van der Waals surface area contributed by atoms with Crippen LogP contribution < -0.4 is 14.8 Å². The largest absolute Gasteiger partial charge is 0.495 e. The lowest BCUT2D eigenvalue weighted by molar-refractivity contribution is -0.113. The highest BCUT2D eigenvalue weighted by Gasteiger charge is 2.13. The molecule has 128 valence electrons. The summed E-state index contributed by atoms with van der Waals surface area (Å²) in [6, 6.07) is 9.43. The molecule has 0 atom stereocenters. The fourth-order valence-corrected chi connectivity index (χ4v) is 3.12. The van der Waals surface area contributed by atoms with E-state index in [1.54, 1.807) is 12.1 Å². The van der Waals surface area contributed by atoms with E-state index >= 15 is 0 Å². The first-order valence-corrected chi connectivity index (χ1v) is 8.72. The Hall–Kier alpha value is -1.85. The topological polar surface area (TPSA) is 47.6 Å². The van der Waals surface area contributed by atoms with Gasteiger partial charge in [0.2, 0.25) is 5.91 Å². The molecule has 6 heteroatoms. The first-order valence-electron chi connectivity index (χ1n) is 7.36. The molecule has 1 N–H and O–H groups in total. The molecule has 4 nitrogen and oxygen atoms in total. The fraction of sp³-hybridized carbons (Fsp3) is 0.278. The highest BCUT2D eigenvalue weighted by Crippen LogP contribution is 2.36. The molecule has 0 aliphatic carbocycles. The van der Waals surface area contributed by atoms with Crippen LogP contribution in [0.15, 0.2) is 35.2 Å². The molecule has 0 fully saturated rings. The number of rotatable bonds is 6. The van der Waals surface area contributed by atoms with E-state index in [1.165, 1.54) is 37.1 Å². The highest BCUT2D eigenvalue weighted by molar-refractivity contribution is 8.00. The van der Waals surface area contributed by atoms with Crippen LogP contribution in [0.4, 0.5) is 5.69 Å². The third-order valence-corrected chi connectivity index (χ3v) is 4.89. The molecule has 1 amide bonds. The summed E-state index contributed by atoms with van der Waals surface area (Å²) in [6.45, 7) is 4.13. The number of anilines is 1. The minimum atomic E-state index is -0.124. The Morgan fingerprint density at radius 3 is 2.42 bits per heavy atom. The van der Waals surface area contributed by atoms with Gasteiger partial charge >= 0.3 is 0 Å². The Kier molecular flexibility index (Phi) is 6.40. The van der Waals surface area contributed by atoms with Crippen molar-refractivity contribution in [2.45, 2.75) is 18.7 Å². The average Bonchev–Trinajstić information content (AvgIpc) is 2.57. The average molecular weight is 366 g/mol. The second kappa shape index (κ2) is 8.31. The van der Waals surface area contributed by atoms with Gasteiger partial charge in [0.05, 0.1) is 30.7 Å². The summed E-state index contributed by atoms with van der Waals surface area (Å²) in [6.07, 6.45) is 0. The van der Waals surface area contributed by atoms with Crippen LogP contribution in [0.25, 0.3) is 0 Å². The van der Waals surface area contributed by atoms with Gasteiger partial charge in [-0.2, -0.15) is 0 Å². The van der Waals surface area contributed by atoms with Crippen LogP contribution in [-0.2, 0) is 4.79 Å². The fourth-order valence-electron chi connectivity index (χ4n) is 2.10. The van der Waals surface area contributed by atoms with Gasteiger partial charge < -0.3 is 14.8 Å². The molecule has 2 rings (SSSR count). The summed E-state index contributed by atoms with van der Waals surface area (Å²) < 4.78 is 10.4. The molecule has 0 radical (unpaired) electrons. The van der Waals surface area contributed by atoms with Gasteiger partial charge in [-0.15, -0.1) is 11.8 Å². The molecule has 0 aliphatic heterocycles. The highest BCUT2D eigenvalue weighted by atomic mass is 35.5. The number of benzene rings is 2. The van der Waals surface area contributed by atoms with Gasteiger partial charge in [0.15, 0.2) is 0 Å². The first kappa shape index (κ1) is 18.5. The van der Waals surface area contributed by atoms with E-state index in [1.807, 2.05) is 6.07 Å². The van der Waals surface area contributed by atoms with Gasteiger partial charge in [-0.05, 0) is 37.1 Å². The Morgan fingerprint density at radius 2 is 1.79 bits per heavy atom. The zero-order valence-electron chi connectivity index (χ0n) is 14.1. The standard InChI is InChI=1S/C18H20ClNO3S/c1-11-5-6-13(7-12(11)2)24-10-18(21)20-15-9-16(22-3)14(19)8-17(15)23-4/h5-9H,10H2,1-4H3,(H,20,21). The molecule has 0 aliphatic rings. The van der Waals surface area contributed by atoms with Crippen LogP contribution in [-0.4, -0.2) is 25.9 Å². The SMILES string of the molecule is COc1cc(NC(=O)CSc2ccc(C)c(C)c2)c(OC)cc1Cl. The van der Waals surface area contributed by atoms with E-state index in [0.717, 1.165) is 4.90 Å². The van der Waals surface area contributed by atoms with Crippen molar-refractivity contribution in [3.05, 3.63) is 46.5 Å². The second-order valence-corrected chi connectivity index (χ2v) is 6.73. The Balaban J connectivity index is 2.05. The van der Waals surface area contributed by atoms with Gasteiger partial charge in [-0.3, -0.25) is 4.79 Å². The van der Waals surface area contributed by atoms with Crippen molar-refractivity contribution in [1.29, 1.82) is 0 Å². The molecule has 0 unspecified atom stereocenters. The lowest BCUT2D eigenvalue weighted by Gasteiger charge is -2.13. The number of carbonyl (C=O) groups excluding carboxylic acids is 1. The smallest absolute Gasteiger partial charge is 0.234 e. The zero-order chi connectivity index (χ0) is 17.7. The summed E-state index contributed by atoms with van der Waals surface area (Å²) in [5.74, 6) is 1.15. The molecular formula is C18H20ClNO3S. The van der Waals surface area contributed by atoms with Crippen molar-refractivity contribution in [3.63, 3.8) is 0 Å². The maximum atomic E-state index is 12.2. The molecule has 0 aromatic heterocycles. The molecular weight excluding hydrogens is 346 g/mol. The van der Waals surface area contributed by atoms with Crippen molar-refractivity contribution in [3.8, 4) is 11.5 Å². The van der Waals surface area contributed by atoms with E-state index in [0.29, 0.717) is 28.0 Å². The number of methoxy groups -OCH3 is 2. The zero-order valence-corrected chi connectivity index (χ0v) is 15.7. The lowest BCUT2D eigenvalue weighted by atomic mass is 10.1. The van der Waals surface area contributed by atoms with Crippen molar-refractivity contribution in [1.82, 2.24) is 0 Å². The lowest BCUT2D eigenvalue weighted by Crippen LogP contribution is -2.14. The molecule has 0 saturated carbocycles. The molecule has 0 saturated heterocycles. The summed E-state index contributed by atoms with van der Waals surface area (Å²) >= 11 is 7.55. The summed E-state index contributed by atoms with van der Waals surface area (Å²) in [5, 5.41) is 3.26. The molecule has 0 spiro atoms. The number of halogens is 1. The summed E-state index contributed by atoms with van der Waals surface area (Å²) in [4.78, 5) is 13.3. The van der Waals surface area contributed by atoms with Crippen LogP contribution in [0.1, 0.15) is 11.1 Å². The third kappa shape index (κ3) is 4.58. The number of nitrogens with one attached hydrogen (secondary N) is 1. The molecule has 2 aromatic rings. The summed E-state index contributed by atoms with van der Waals surface area (Å²) in [5.41, 5.74) is 2.98. The van der Waals surface area contributed by atoms with E-state index in [2.05, 4.69) is 31.3 Å². The van der Waals surface area contributed by atoms with Gasteiger partial charge in [-0.25, -0.2) is 0 Å². The van der Waals surface area contributed by atoms with E-state index in [9.17, 15) is 4.79 Å². The first-order chi connectivity index (χ1) is 11.4. The minimum Gasteiger partial charge on any atom is -0.495 e. The van der Waals surface area contributed by atoms with Crippen LogP contribution in [0.5, 0.6) is 11.5 Å². The maximum absolute atomic E-state index is 12.2. The molecule has 2 aromatic carbocycles. The normalized spacial score (nSPS) is 10.4. The van der Waals surface area contributed by atoms with Crippen molar-refractivity contribution >= 4 is 35.0 Å². The van der Waals surface area contributed by atoms with Gasteiger partial charge in [0, 0.05) is 17.0 Å². The number of aryl methyl sites for hydroxylation is 2.